The number of carbonyl (C=O) groups is 1. The first-order valence-corrected chi connectivity index (χ1v) is 15.3. The number of aliphatic hydroxyl groups is 1. The first-order valence-electron chi connectivity index (χ1n) is 15.3. The van der Waals surface area contributed by atoms with Crippen LogP contribution in [0, 0.1) is 10.8 Å². The van der Waals surface area contributed by atoms with Crippen molar-refractivity contribution in [3.05, 3.63) is 53.5 Å². The normalized spacial score (nSPS) is 12.7. The number of amides is 1. The van der Waals surface area contributed by atoms with Crippen LogP contribution in [0.2, 0.25) is 0 Å². The number of rotatable bonds is 16. The Morgan fingerprint density at radius 3 is 2.28 bits per heavy atom. The summed E-state index contributed by atoms with van der Waals surface area (Å²) in [4.78, 5) is 16.1. The first kappa shape index (κ1) is 34.5. The van der Waals surface area contributed by atoms with Crippen LogP contribution >= 0.6 is 0 Å². The highest BCUT2D eigenvalue weighted by Crippen LogP contribution is 2.42. The maximum absolute atomic E-state index is 13.0. The van der Waals surface area contributed by atoms with Crippen molar-refractivity contribution in [2.45, 2.75) is 105 Å². The number of fused-ring (bicyclic) bond motifs is 1. The number of anilines is 1. The third-order valence-electron chi connectivity index (χ3n) is 8.55. The molecule has 0 saturated heterocycles. The molecule has 0 unspecified atom stereocenters. The van der Waals surface area contributed by atoms with Crippen molar-refractivity contribution in [1.29, 1.82) is 0 Å². The fraction of sp³-hybridized carbons (Fsp3) is 0.606. The number of nitrogens with zero attached hydrogens (tertiary/aromatic N) is 3. The number of benzene rings is 1. The molecule has 2 N–H and O–H groups in total. The number of pyridine rings is 1. The van der Waals surface area contributed by atoms with E-state index in [0.717, 1.165) is 25.0 Å². The molecule has 0 fully saturated rings. The summed E-state index contributed by atoms with van der Waals surface area (Å²) in [6, 6.07) is 6.43. The average molecular weight is 605 g/mol. The van der Waals surface area contributed by atoms with Crippen LogP contribution in [0.25, 0.3) is 10.9 Å². The third kappa shape index (κ3) is 10.3. The van der Waals surface area contributed by atoms with Gasteiger partial charge >= 0.3 is 6.18 Å². The molecule has 10 heteroatoms. The number of ether oxygens (including phenoxy) is 1. The largest absolute Gasteiger partial charge is 0.433 e. The van der Waals surface area contributed by atoms with Crippen LogP contribution in [0.15, 0.2) is 36.5 Å². The summed E-state index contributed by atoms with van der Waals surface area (Å²) in [6.07, 6.45) is 7.00. The van der Waals surface area contributed by atoms with Crippen LogP contribution in [0.1, 0.15) is 108 Å². The minimum Gasteiger partial charge on any atom is -0.392 e. The van der Waals surface area contributed by atoms with Gasteiger partial charge in [-0.25, -0.2) is 4.98 Å². The number of aromatic nitrogens is 3. The van der Waals surface area contributed by atoms with E-state index >= 15 is 0 Å². The van der Waals surface area contributed by atoms with E-state index in [2.05, 4.69) is 50.0 Å². The molecule has 7 nitrogen and oxygen atoms in total. The zero-order valence-corrected chi connectivity index (χ0v) is 26.2. The van der Waals surface area contributed by atoms with Gasteiger partial charge < -0.3 is 15.2 Å². The molecule has 1 amide bonds. The molecule has 0 bridgehead atoms. The van der Waals surface area contributed by atoms with E-state index in [0.29, 0.717) is 47.1 Å². The van der Waals surface area contributed by atoms with Crippen LogP contribution in [-0.2, 0) is 24.1 Å². The van der Waals surface area contributed by atoms with Gasteiger partial charge in [-0.15, -0.1) is 0 Å². The Morgan fingerprint density at radius 1 is 0.953 bits per heavy atom. The summed E-state index contributed by atoms with van der Waals surface area (Å²) in [5, 5.41) is 17.6. The van der Waals surface area contributed by atoms with Gasteiger partial charge in [0.1, 0.15) is 11.4 Å². The highest BCUT2D eigenvalue weighted by atomic mass is 19.4. The Kier molecular flexibility index (Phi) is 12.2. The molecule has 0 aliphatic rings. The van der Waals surface area contributed by atoms with Crippen molar-refractivity contribution in [2.75, 3.05) is 18.5 Å². The monoisotopic (exact) mass is 604 g/mol. The number of unbranched alkanes of at least 4 members (excludes halogenated alkanes) is 6. The molecule has 43 heavy (non-hydrogen) atoms. The maximum atomic E-state index is 13.0. The molecule has 0 aliphatic carbocycles. The number of hydrogen-bond acceptors (Lipinski definition) is 5. The number of hydrogen-bond donors (Lipinski definition) is 2. The predicted octanol–water partition coefficient (Wildman–Crippen LogP) is 8.40. The zero-order chi connectivity index (χ0) is 31.7. The molecular formula is C33H47F3N4O3. The van der Waals surface area contributed by atoms with Gasteiger partial charge in [-0.1, -0.05) is 79.2 Å². The second kappa shape index (κ2) is 15.1. The fourth-order valence-corrected chi connectivity index (χ4v) is 4.72. The standard InChI is InChI=1S/C33H47F3N4O3/c1-31(2,3)32(4,5)16-11-9-7-6-8-10-12-18-43-19-17-40-22-24-20-27(25(23-41)21-28(24)39-40)38-30(42)26-14-13-15-29(37-26)33(34,35)36/h13-15,20-22,41H,6-12,16-19,23H2,1-5H3,(H,38,42). The van der Waals surface area contributed by atoms with Crippen molar-refractivity contribution in [2.24, 2.45) is 10.8 Å². The summed E-state index contributed by atoms with van der Waals surface area (Å²) >= 11 is 0. The van der Waals surface area contributed by atoms with Crippen LogP contribution < -0.4 is 5.32 Å². The fourth-order valence-electron chi connectivity index (χ4n) is 4.72. The molecule has 238 valence electrons. The van der Waals surface area contributed by atoms with Gasteiger partial charge in [-0.2, -0.15) is 18.3 Å². The lowest BCUT2D eigenvalue weighted by molar-refractivity contribution is -0.141. The number of nitrogens with one attached hydrogen (secondary N) is 1. The summed E-state index contributed by atoms with van der Waals surface area (Å²) < 4.78 is 46.5. The second-order valence-corrected chi connectivity index (χ2v) is 12.9. The minimum absolute atomic E-state index is 0.281. The Balaban J connectivity index is 1.39. The average Bonchev–Trinajstić information content (AvgIpc) is 3.33. The van der Waals surface area contributed by atoms with E-state index < -0.39 is 17.8 Å². The molecule has 0 saturated carbocycles. The Hall–Kier alpha value is -2.98. The molecule has 0 spiro atoms. The lowest BCUT2D eigenvalue weighted by atomic mass is 9.67. The van der Waals surface area contributed by atoms with Crippen molar-refractivity contribution in [3.63, 3.8) is 0 Å². The summed E-state index contributed by atoms with van der Waals surface area (Å²) in [5.74, 6) is -0.805. The van der Waals surface area contributed by atoms with E-state index in [1.54, 1.807) is 23.0 Å². The van der Waals surface area contributed by atoms with E-state index in [-0.39, 0.29) is 18.0 Å². The topological polar surface area (TPSA) is 89.3 Å². The van der Waals surface area contributed by atoms with Crippen LogP contribution in [0.3, 0.4) is 0 Å². The van der Waals surface area contributed by atoms with Crippen molar-refractivity contribution < 1.29 is 27.8 Å². The van der Waals surface area contributed by atoms with Gasteiger partial charge in [0.05, 0.1) is 25.3 Å². The maximum Gasteiger partial charge on any atom is 0.433 e. The quantitative estimate of drug-likeness (QED) is 0.160. The molecule has 2 heterocycles. The SMILES string of the molecule is CC(C)(C)C(C)(C)CCCCCCCCCOCCn1cc2cc(NC(=O)c3cccc(C(F)(F)F)n3)c(CO)cc2n1. The third-order valence-corrected chi connectivity index (χ3v) is 8.55. The van der Waals surface area contributed by atoms with Crippen LogP contribution in [-0.4, -0.2) is 39.0 Å². The lowest BCUT2D eigenvalue weighted by Crippen LogP contribution is -2.29. The summed E-state index contributed by atoms with van der Waals surface area (Å²) in [7, 11) is 0. The van der Waals surface area contributed by atoms with Gasteiger partial charge in [-0.05, 0) is 47.9 Å². The number of alkyl halides is 3. The Labute approximate surface area is 253 Å². The highest BCUT2D eigenvalue weighted by molar-refractivity contribution is 6.04. The van der Waals surface area contributed by atoms with Crippen LogP contribution in [0.5, 0.6) is 0 Å². The van der Waals surface area contributed by atoms with Crippen LogP contribution in [0.4, 0.5) is 18.9 Å². The molecule has 1 aromatic carbocycles. The van der Waals surface area contributed by atoms with Gasteiger partial charge in [-0.3, -0.25) is 9.48 Å². The molecular weight excluding hydrogens is 557 g/mol. The number of carbonyl (C=O) groups excluding carboxylic acids is 1. The van der Waals surface area contributed by atoms with E-state index in [9.17, 15) is 23.1 Å². The molecule has 0 atom stereocenters. The van der Waals surface area contributed by atoms with Crippen molar-refractivity contribution in [3.8, 4) is 0 Å². The Morgan fingerprint density at radius 2 is 1.63 bits per heavy atom. The Bertz CT molecular complexity index is 1330. The number of halogens is 3. The highest BCUT2D eigenvalue weighted by Gasteiger charge is 2.33. The molecule has 0 radical (unpaired) electrons. The lowest BCUT2D eigenvalue weighted by Gasteiger charge is -2.39. The molecule has 3 aromatic rings. The molecule has 0 aliphatic heterocycles. The summed E-state index contributed by atoms with van der Waals surface area (Å²) in [5.41, 5.74) is 0.481. The van der Waals surface area contributed by atoms with E-state index in [1.807, 2.05) is 0 Å². The van der Waals surface area contributed by atoms with Gasteiger partial charge in [0.15, 0.2) is 0 Å². The summed E-state index contributed by atoms with van der Waals surface area (Å²) in [6.45, 7) is 13.1. The van der Waals surface area contributed by atoms with Crippen molar-refractivity contribution >= 4 is 22.5 Å². The van der Waals surface area contributed by atoms with Crippen molar-refractivity contribution in [1.82, 2.24) is 14.8 Å². The second-order valence-electron chi connectivity index (χ2n) is 12.9. The molecule has 3 rings (SSSR count). The smallest absolute Gasteiger partial charge is 0.392 e. The van der Waals surface area contributed by atoms with E-state index in [4.69, 9.17) is 4.74 Å². The van der Waals surface area contributed by atoms with E-state index in [1.165, 1.54) is 44.6 Å². The van der Waals surface area contributed by atoms with Gasteiger partial charge in [0.2, 0.25) is 0 Å². The first-order chi connectivity index (χ1) is 20.2. The molecule has 2 aromatic heterocycles. The predicted molar refractivity (Wildman–Crippen MR) is 164 cm³/mol. The van der Waals surface area contributed by atoms with Gasteiger partial charge in [0.25, 0.3) is 5.91 Å². The van der Waals surface area contributed by atoms with Gasteiger partial charge in [0, 0.05) is 29.4 Å². The number of aliphatic hydroxyl groups excluding tert-OH is 1. The zero-order valence-electron chi connectivity index (χ0n) is 26.2. The minimum atomic E-state index is -4.66.